The van der Waals surface area contributed by atoms with Crippen LogP contribution in [0.3, 0.4) is 0 Å². The van der Waals surface area contributed by atoms with E-state index in [4.69, 9.17) is 39.9 Å². The Hall–Kier alpha value is -15.9. The Balaban J connectivity index is 0.000000152. The first kappa shape index (κ1) is 71.2. The molecule has 21 rings (SSSR count). The summed E-state index contributed by atoms with van der Waals surface area (Å²) in [6.45, 7) is 0. The van der Waals surface area contributed by atoms with Gasteiger partial charge in [-0.05, 0) is 132 Å². The molecule has 552 valence electrons. The fourth-order valence-corrected chi connectivity index (χ4v) is 16.0. The molecule has 0 bridgehead atoms. The highest BCUT2D eigenvalue weighted by molar-refractivity contribution is 6.18. The van der Waals surface area contributed by atoms with Gasteiger partial charge < -0.3 is 0 Å². The zero-order valence-electron chi connectivity index (χ0n) is 64.1. The number of hydrogen-bond donors (Lipinski definition) is 0. The number of para-hydroxylation sites is 2. The molecule has 0 spiro atoms. The summed E-state index contributed by atoms with van der Waals surface area (Å²) in [5.41, 5.74) is 27.4. The van der Waals surface area contributed by atoms with Crippen LogP contribution in [0.15, 0.2) is 437 Å². The Kier molecular flexibility index (Phi) is 19.3. The number of aromatic nitrogens is 8. The molecule has 0 atom stereocenters. The number of hydrogen-bond acceptors (Lipinski definition) is 8. The van der Waals surface area contributed by atoms with Gasteiger partial charge in [0.05, 0.1) is 22.4 Å². The molecular weight excluding hydrogens is 1430 g/mol. The normalized spacial score (nSPS) is 11.2. The monoisotopic (exact) mass is 1500 g/mol. The van der Waals surface area contributed by atoms with Gasteiger partial charge in [0.15, 0.2) is 34.9 Å². The summed E-state index contributed by atoms with van der Waals surface area (Å²) in [4.78, 5) is 41.0. The molecule has 8 nitrogen and oxygen atoms in total. The number of fused-ring (bicyclic) bond motifs is 6. The second-order valence-corrected chi connectivity index (χ2v) is 29.3. The van der Waals surface area contributed by atoms with Gasteiger partial charge in [-0.1, -0.05) is 382 Å². The molecule has 0 amide bonds. The van der Waals surface area contributed by atoms with Crippen LogP contribution in [0.25, 0.3) is 212 Å². The summed E-state index contributed by atoms with van der Waals surface area (Å²) in [7, 11) is 0. The molecule has 0 aliphatic heterocycles. The average molecular weight is 1510 g/mol. The van der Waals surface area contributed by atoms with E-state index in [1.807, 2.05) is 60.7 Å². The Morgan fingerprint density at radius 1 is 0.119 bits per heavy atom. The van der Waals surface area contributed by atoms with Gasteiger partial charge in [-0.2, -0.15) is 0 Å². The molecule has 0 saturated heterocycles. The van der Waals surface area contributed by atoms with E-state index in [0.717, 1.165) is 155 Å². The fraction of sp³-hybridized carbons (Fsp3) is 0. The lowest BCUT2D eigenvalue weighted by molar-refractivity contribution is 1.07. The minimum atomic E-state index is 0.611. The van der Waals surface area contributed by atoms with Crippen molar-refractivity contribution >= 4 is 43.4 Å². The van der Waals surface area contributed by atoms with E-state index in [0.29, 0.717) is 34.9 Å². The predicted octanol–water partition coefficient (Wildman–Crippen LogP) is 28.2. The molecule has 17 aromatic carbocycles. The molecule has 0 radical (unpaired) electrons. The third kappa shape index (κ3) is 14.5. The van der Waals surface area contributed by atoms with Crippen LogP contribution in [-0.4, -0.2) is 39.9 Å². The Labute approximate surface area is 684 Å². The highest BCUT2D eigenvalue weighted by Crippen LogP contribution is 2.44. The summed E-state index contributed by atoms with van der Waals surface area (Å²) in [5, 5.41) is 6.93. The van der Waals surface area contributed by atoms with E-state index in [1.165, 1.54) is 21.9 Å². The van der Waals surface area contributed by atoms with E-state index in [-0.39, 0.29) is 0 Å². The van der Waals surface area contributed by atoms with Crippen LogP contribution < -0.4 is 0 Å². The molecule has 0 unspecified atom stereocenters. The molecule has 118 heavy (non-hydrogen) atoms. The first-order valence-corrected chi connectivity index (χ1v) is 39.7. The van der Waals surface area contributed by atoms with Crippen molar-refractivity contribution in [2.24, 2.45) is 0 Å². The van der Waals surface area contributed by atoms with Gasteiger partial charge in [-0.15, -0.1) is 0 Å². The maximum Gasteiger partial charge on any atom is 0.164 e. The topological polar surface area (TPSA) is 103 Å². The van der Waals surface area contributed by atoms with E-state index in [2.05, 4.69) is 376 Å². The number of rotatable bonds is 15. The molecule has 0 fully saturated rings. The highest BCUT2D eigenvalue weighted by atomic mass is 15.0. The highest BCUT2D eigenvalue weighted by Gasteiger charge is 2.21. The molecular formula is C110H72N8. The quantitative estimate of drug-likeness (QED) is 0.0935. The van der Waals surface area contributed by atoms with Gasteiger partial charge >= 0.3 is 0 Å². The van der Waals surface area contributed by atoms with Gasteiger partial charge in [0.1, 0.15) is 0 Å². The van der Waals surface area contributed by atoms with Crippen molar-refractivity contribution in [1.29, 1.82) is 0 Å². The Bertz CT molecular complexity index is 7190. The number of benzene rings is 17. The van der Waals surface area contributed by atoms with Gasteiger partial charge in [0.25, 0.3) is 0 Å². The molecule has 21 aromatic rings. The predicted molar refractivity (Wildman–Crippen MR) is 487 cm³/mol. The molecule has 8 heteroatoms. The van der Waals surface area contributed by atoms with E-state index in [9.17, 15) is 0 Å². The van der Waals surface area contributed by atoms with E-state index >= 15 is 0 Å². The van der Waals surface area contributed by atoms with Crippen molar-refractivity contribution in [3.8, 4) is 169 Å². The van der Waals surface area contributed by atoms with E-state index in [1.54, 1.807) is 0 Å². The zero-order chi connectivity index (χ0) is 78.5. The van der Waals surface area contributed by atoms with Crippen LogP contribution in [0.1, 0.15) is 0 Å². The molecule has 4 aromatic heterocycles. The first-order valence-electron chi connectivity index (χ1n) is 39.7. The largest absolute Gasteiger partial charge is 0.247 e. The van der Waals surface area contributed by atoms with Crippen molar-refractivity contribution in [3.05, 3.63) is 437 Å². The minimum absolute atomic E-state index is 0.611. The van der Waals surface area contributed by atoms with Crippen molar-refractivity contribution in [1.82, 2.24) is 39.9 Å². The average Bonchev–Trinajstić information content (AvgIpc) is 0.777. The van der Waals surface area contributed by atoms with Crippen LogP contribution >= 0.6 is 0 Å². The van der Waals surface area contributed by atoms with Crippen LogP contribution in [0, 0.1) is 0 Å². The lowest BCUT2D eigenvalue weighted by atomic mass is 9.91. The lowest BCUT2D eigenvalue weighted by Gasteiger charge is -2.15. The zero-order valence-corrected chi connectivity index (χ0v) is 64.1. The van der Waals surface area contributed by atoms with Crippen molar-refractivity contribution in [3.63, 3.8) is 0 Å². The summed E-state index contributed by atoms with van der Waals surface area (Å²) in [6, 6.07) is 152. The molecule has 0 aliphatic carbocycles. The Morgan fingerprint density at radius 3 is 0.610 bits per heavy atom. The molecule has 4 heterocycles. The van der Waals surface area contributed by atoms with E-state index < -0.39 is 0 Å². The van der Waals surface area contributed by atoms with Crippen molar-refractivity contribution in [2.75, 3.05) is 0 Å². The van der Waals surface area contributed by atoms with Crippen molar-refractivity contribution in [2.45, 2.75) is 0 Å². The van der Waals surface area contributed by atoms with Gasteiger partial charge in [-0.3, -0.25) is 0 Å². The first-order chi connectivity index (χ1) is 58.5. The molecule has 0 N–H and O–H groups in total. The van der Waals surface area contributed by atoms with Gasteiger partial charge in [0, 0.05) is 76.8 Å². The van der Waals surface area contributed by atoms with Gasteiger partial charge in [-0.25, -0.2) is 39.9 Å². The SMILES string of the molecule is c1ccc(-c2cccc(-c3nc(-c4cccc(-c5ccccc5)c4)nc(-c4cccc(-c5cccc(-c6cccc7c(-c8ccccc8)nc8ccccc8c67)c5)c4)n3)c2)cc1.c1ccc(-c2cccc(-c3nc(-c4ccccc4)nc(-c4cccc(-c5cccc(-c6cccc7c(-c8ccccc8)nc8ccccc8c67)c5)c4)n3)c2)cc1. The van der Waals surface area contributed by atoms with Crippen LogP contribution in [0.2, 0.25) is 0 Å². The summed E-state index contributed by atoms with van der Waals surface area (Å²) >= 11 is 0. The summed E-state index contributed by atoms with van der Waals surface area (Å²) in [6.07, 6.45) is 0. The summed E-state index contributed by atoms with van der Waals surface area (Å²) < 4.78 is 0. The second-order valence-electron chi connectivity index (χ2n) is 29.3. The maximum atomic E-state index is 5.18. The maximum absolute atomic E-state index is 5.18. The fourth-order valence-electron chi connectivity index (χ4n) is 16.0. The minimum Gasteiger partial charge on any atom is -0.247 e. The van der Waals surface area contributed by atoms with Crippen LogP contribution in [0.4, 0.5) is 0 Å². The molecule has 0 saturated carbocycles. The molecule has 0 aliphatic rings. The smallest absolute Gasteiger partial charge is 0.164 e. The lowest BCUT2D eigenvalue weighted by Crippen LogP contribution is -2.00. The Morgan fingerprint density at radius 2 is 0.314 bits per heavy atom. The number of pyridine rings is 2. The van der Waals surface area contributed by atoms with Crippen LogP contribution in [0.5, 0.6) is 0 Å². The standard InChI is InChI=1S/C58H38N4.C52H34N4/c1-4-17-39(18-5-1)42-23-13-28-47(36-42)56-60-57(48-29-14-24-43(37-48)40-19-6-2-7-20-40)62-58(61-56)49-30-15-26-45(38-49)44-25-12-27-46(35-44)50-32-16-33-52-54(50)51-31-10-11-34-53(51)59-55(52)41-21-8-3-9-22-41;1-4-16-35(17-5-1)38-22-13-26-42(33-38)51-54-50(37-20-8-3-9-21-37)55-52(56-51)43-27-14-24-40(34-43)39-23-12-25-41(32-39)44-29-15-30-46-48(44)45-28-10-11-31-47(45)53-49(46)36-18-6-2-7-19-36/h1-38H;1-34H. The van der Waals surface area contributed by atoms with Crippen LogP contribution in [-0.2, 0) is 0 Å². The third-order valence-electron chi connectivity index (χ3n) is 21.8. The number of nitrogens with zero attached hydrogens (tertiary/aromatic N) is 8. The third-order valence-corrected chi connectivity index (χ3v) is 21.8. The van der Waals surface area contributed by atoms with Gasteiger partial charge in [0.2, 0.25) is 0 Å². The summed E-state index contributed by atoms with van der Waals surface area (Å²) in [5.74, 6) is 3.74. The van der Waals surface area contributed by atoms with Crippen molar-refractivity contribution < 1.29 is 0 Å². The second kappa shape index (κ2) is 31.9.